The third kappa shape index (κ3) is 8.08. The molecule has 0 saturated heterocycles. The summed E-state index contributed by atoms with van der Waals surface area (Å²) in [6, 6.07) is -1.75. The summed E-state index contributed by atoms with van der Waals surface area (Å²) < 4.78 is 9.21. The highest BCUT2D eigenvalue weighted by Crippen LogP contribution is 1.92. The van der Waals surface area contributed by atoms with E-state index in [0.29, 0.717) is 0 Å². The fraction of sp³-hybridized carbons (Fsp3) is 0.692. The van der Waals surface area contributed by atoms with Crippen LogP contribution in [0.4, 0.5) is 4.79 Å². The van der Waals surface area contributed by atoms with E-state index in [-0.39, 0.29) is 12.6 Å². The van der Waals surface area contributed by atoms with Gasteiger partial charge in [-0.05, 0) is 27.7 Å². The molecule has 0 saturated carbocycles. The fourth-order valence-corrected chi connectivity index (χ4v) is 1.28. The monoisotopic (exact) mass is 317 g/mol. The lowest BCUT2D eigenvalue weighted by molar-refractivity contribution is -0.141. The van der Waals surface area contributed by atoms with E-state index < -0.39 is 36.0 Å². The topological polar surface area (TPSA) is 123 Å². The molecule has 0 fully saturated rings. The average molecular weight is 317 g/mol. The lowest BCUT2D eigenvalue weighted by Gasteiger charge is -2.18. The molecule has 3 amide bonds. The van der Waals surface area contributed by atoms with Crippen LogP contribution in [0.1, 0.15) is 27.7 Å². The predicted molar refractivity (Wildman–Crippen MR) is 76.8 cm³/mol. The molecule has 0 aliphatic carbocycles. The number of hydrogen-bond acceptors (Lipinski definition) is 6. The number of alkyl carbamates (subject to hydrolysis) is 1. The highest BCUT2D eigenvalue weighted by Gasteiger charge is 2.21. The zero-order chi connectivity index (χ0) is 17.3. The second-order valence-electron chi connectivity index (χ2n) is 4.84. The van der Waals surface area contributed by atoms with Crippen molar-refractivity contribution in [3.63, 3.8) is 0 Å². The number of ether oxygens (including phenoxy) is 2. The number of nitrogens with one attached hydrogen (secondary N) is 3. The molecule has 0 aromatic heterocycles. The maximum absolute atomic E-state index is 11.8. The average Bonchev–Trinajstić information content (AvgIpc) is 2.42. The molecule has 0 aliphatic rings. The molecule has 126 valence electrons. The van der Waals surface area contributed by atoms with Crippen molar-refractivity contribution < 1.29 is 28.7 Å². The van der Waals surface area contributed by atoms with Crippen molar-refractivity contribution in [3.8, 4) is 0 Å². The van der Waals surface area contributed by atoms with Gasteiger partial charge in [0.25, 0.3) is 0 Å². The molecule has 0 spiro atoms. The Hall–Kier alpha value is -2.32. The summed E-state index contributed by atoms with van der Waals surface area (Å²) in [5.41, 5.74) is 0. The summed E-state index contributed by atoms with van der Waals surface area (Å²) in [7, 11) is 1.20. The first-order valence-electron chi connectivity index (χ1n) is 6.79. The Morgan fingerprint density at radius 3 is 1.95 bits per heavy atom. The Morgan fingerprint density at radius 1 is 0.909 bits per heavy atom. The normalized spacial score (nSPS) is 12.8. The van der Waals surface area contributed by atoms with Crippen LogP contribution < -0.4 is 16.0 Å². The molecule has 0 aliphatic heterocycles. The maximum Gasteiger partial charge on any atom is 0.408 e. The molecule has 0 heterocycles. The lowest BCUT2D eigenvalue weighted by Crippen LogP contribution is -2.52. The van der Waals surface area contributed by atoms with Gasteiger partial charge in [0.15, 0.2) is 0 Å². The van der Waals surface area contributed by atoms with E-state index in [1.165, 1.54) is 21.0 Å². The van der Waals surface area contributed by atoms with Crippen LogP contribution in [0.3, 0.4) is 0 Å². The molecule has 2 atom stereocenters. The smallest absolute Gasteiger partial charge is 0.408 e. The molecule has 3 N–H and O–H groups in total. The second-order valence-corrected chi connectivity index (χ2v) is 4.84. The van der Waals surface area contributed by atoms with Crippen LogP contribution in [0, 0.1) is 0 Å². The maximum atomic E-state index is 11.8. The molecular formula is C13H23N3O6. The van der Waals surface area contributed by atoms with E-state index in [1.54, 1.807) is 13.8 Å². The summed E-state index contributed by atoms with van der Waals surface area (Å²) in [6.45, 7) is 5.97. The van der Waals surface area contributed by atoms with Gasteiger partial charge in [-0.2, -0.15) is 0 Å². The van der Waals surface area contributed by atoms with Gasteiger partial charge in [0.1, 0.15) is 18.6 Å². The Kier molecular flexibility index (Phi) is 8.58. The van der Waals surface area contributed by atoms with Gasteiger partial charge in [-0.15, -0.1) is 0 Å². The first-order chi connectivity index (χ1) is 10.2. The third-order valence-corrected chi connectivity index (χ3v) is 2.46. The van der Waals surface area contributed by atoms with Crippen molar-refractivity contribution in [1.82, 2.24) is 16.0 Å². The second kappa shape index (κ2) is 9.59. The number of carbonyl (C=O) groups excluding carboxylic acids is 4. The van der Waals surface area contributed by atoms with Gasteiger partial charge in [0, 0.05) is 0 Å². The van der Waals surface area contributed by atoms with Crippen molar-refractivity contribution in [3.05, 3.63) is 0 Å². The summed E-state index contributed by atoms with van der Waals surface area (Å²) in [5, 5.41) is 7.05. The molecule has 0 bridgehead atoms. The van der Waals surface area contributed by atoms with E-state index in [2.05, 4.69) is 20.7 Å². The minimum atomic E-state index is -0.873. The summed E-state index contributed by atoms with van der Waals surface area (Å²) in [6.07, 6.45) is -1.03. The van der Waals surface area contributed by atoms with Crippen LogP contribution in [0.2, 0.25) is 0 Å². The van der Waals surface area contributed by atoms with Crippen LogP contribution in [0.15, 0.2) is 0 Å². The minimum Gasteiger partial charge on any atom is -0.468 e. The molecule has 2 unspecified atom stereocenters. The van der Waals surface area contributed by atoms with Crippen molar-refractivity contribution in [2.45, 2.75) is 45.9 Å². The molecule has 0 aromatic carbocycles. The van der Waals surface area contributed by atoms with Crippen LogP contribution in [0.5, 0.6) is 0 Å². The molecule has 0 rings (SSSR count). The molecule has 9 nitrogen and oxygen atoms in total. The van der Waals surface area contributed by atoms with Gasteiger partial charge < -0.3 is 25.4 Å². The molecule has 9 heteroatoms. The first-order valence-corrected chi connectivity index (χ1v) is 6.79. The molecule has 0 radical (unpaired) electrons. The molecular weight excluding hydrogens is 294 g/mol. The van der Waals surface area contributed by atoms with Gasteiger partial charge >= 0.3 is 12.1 Å². The summed E-state index contributed by atoms with van der Waals surface area (Å²) >= 11 is 0. The van der Waals surface area contributed by atoms with Gasteiger partial charge in [-0.3, -0.25) is 14.4 Å². The number of methoxy groups -OCH3 is 1. The highest BCUT2D eigenvalue weighted by molar-refractivity contribution is 5.91. The zero-order valence-corrected chi connectivity index (χ0v) is 13.4. The number of rotatable bonds is 7. The van der Waals surface area contributed by atoms with Crippen molar-refractivity contribution in [2.75, 3.05) is 13.7 Å². The standard InChI is InChI=1S/C13H23N3O6/c1-7(2)22-13(20)16-9(4)12(19)15-8(3)11(18)14-6-10(17)21-5/h7-9H,6H2,1-5H3,(H,14,18)(H,15,19)(H,16,20). The van der Waals surface area contributed by atoms with Crippen molar-refractivity contribution in [1.29, 1.82) is 0 Å². The summed E-state index contributed by atoms with van der Waals surface area (Å²) in [4.78, 5) is 45.7. The van der Waals surface area contributed by atoms with Gasteiger partial charge in [-0.25, -0.2) is 4.79 Å². The third-order valence-electron chi connectivity index (χ3n) is 2.46. The summed E-state index contributed by atoms with van der Waals surface area (Å²) in [5.74, 6) is -1.70. The predicted octanol–water partition coefficient (Wildman–Crippen LogP) is -0.697. The Bertz CT molecular complexity index is 424. The molecule has 22 heavy (non-hydrogen) atoms. The Labute approximate surface area is 129 Å². The van der Waals surface area contributed by atoms with Crippen LogP contribution in [-0.4, -0.2) is 55.7 Å². The van der Waals surface area contributed by atoms with Crippen molar-refractivity contribution >= 4 is 23.9 Å². The lowest BCUT2D eigenvalue weighted by atomic mass is 10.2. The largest absolute Gasteiger partial charge is 0.468 e. The highest BCUT2D eigenvalue weighted by atomic mass is 16.6. The first kappa shape index (κ1) is 19.7. The number of amides is 3. The van der Waals surface area contributed by atoms with E-state index >= 15 is 0 Å². The minimum absolute atomic E-state index is 0.288. The van der Waals surface area contributed by atoms with Gasteiger partial charge in [-0.1, -0.05) is 0 Å². The number of carbonyl (C=O) groups is 4. The van der Waals surface area contributed by atoms with Crippen LogP contribution >= 0.6 is 0 Å². The van der Waals surface area contributed by atoms with E-state index in [4.69, 9.17) is 4.74 Å². The van der Waals surface area contributed by atoms with E-state index in [9.17, 15) is 19.2 Å². The van der Waals surface area contributed by atoms with Gasteiger partial charge in [0.2, 0.25) is 11.8 Å². The fourth-order valence-electron chi connectivity index (χ4n) is 1.28. The number of esters is 1. The zero-order valence-electron chi connectivity index (χ0n) is 13.4. The molecule has 0 aromatic rings. The Morgan fingerprint density at radius 2 is 1.45 bits per heavy atom. The van der Waals surface area contributed by atoms with E-state index in [0.717, 1.165) is 0 Å². The Balaban J connectivity index is 4.25. The van der Waals surface area contributed by atoms with Crippen molar-refractivity contribution in [2.24, 2.45) is 0 Å². The SMILES string of the molecule is COC(=O)CNC(=O)C(C)NC(=O)C(C)NC(=O)OC(C)C. The van der Waals surface area contributed by atoms with Gasteiger partial charge in [0.05, 0.1) is 13.2 Å². The van der Waals surface area contributed by atoms with E-state index in [1.807, 2.05) is 0 Å². The quantitative estimate of drug-likeness (QED) is 0.534. The van der Waals surface area contributed by atoms with Crippen LogP contribution in [0.25, 0.3) is 0 Å². The van der Waals surface area contributed by atoms with Crippen LogP contribution in [-0.2, 0) is 23.9 Å². The number of hydrogen-bond donors (Lipinski definition) is 3.